The van der Waals surface area contributed by atoms with E-state index in [-0.39, 0.29) is 41.5 Å². The van der Waals surface area contributed by atoms with Gasteiger partial charge in [0.2, 0.25) is 11.8 Å². The molecule has 3 aromatic carbocycles. The maximum atomic E-state index is 15.7. The number of likely N-dealkylation sites (tertiary alicyclic amines) is 1. The van der Waals surface area contributed by atoms with Gasteiger partial charge in [-0.25, -0.2) is 13.8 Å². The van der Waals surface area contributed by atoms with Crippen molar-refractivity contribution in [2.75, 3.05) is 11.9 Å². The number of amides is 3. The highest BCUT2D eigenvalue weighted by molar-refractivity contribution is 6.37. The molecule has 3 amide bonds. The van der Waals surface area contributed by atoms with Gasteiger partial charge < -0.3 is 20.9 Å². The molecule has 2 atom stereocenters. The summed E-state index contributed by atoms with van der Waals surface area (Å²) in [5.74, 6) is -2.18. The summed E-state index contributed by atoms with van der Waals surface area (Å²) in [6, 6.07) is 13.4. The number of fused-ring (bicyclic) bond motifs is 2. The Balaban J connectivity index is 1.25. The zero-order chi connectivity index (χ0) is 29.7. The van der Waals surface area contributed by atoms with Crippen molar-refractivity contribution in [3.8, 4) is 11.1 Å². The van der Waals surface area contributed by atoms with E-state index in [0.29, 0.717) is 33.3 Å². The number of benzene rings is 3. The molecule has 2 aromatic heterocycles. The van der Waals surface area contributed by atoms with Crippen molar-refractivity contribution in [3.05, 3.63) is 77.0 Å². The van der Waals surface area contributed by atoms with E-state index in [9.17, 15) is 18.8 Å². The fourth-order valence-electron chi connectivity index (χ4n) is 5.38. The van der Waals surface area contributed by atoms with Crippen LogP contribution in [0.1, 0.15) is 22.7 Å². The number of halogens is 3. The van der Waals surface area contributed by atoms with Crippen LogP contribution >= 0.6 is 11.6 Å². The molecule has 0 spiro atoms. The number of aromatic amines is 1. The van der Waals surface area contributed by atoms with Crippen molar-refractivity contribution in [2.24, 2.45) is 5.73 Å². The Morgan fingerprint density at radius 1 is 1.12 bits per heavy atom. The number of nitrogens with two attached hydrogens (primary N) is 1. The van der Waals surface area contributed by atoms with E-state index in [2.05, 4.69) is 20.4 Å². The topological polar surface area (TPSA) is 139 Å². The summed E-state index contributed by atoms with van der Waals surface area (Å²) >= 11 is 6.56. The largest absolute Gasteiger partial charge is 0.364 e. The number of imidazole rings is 1. The second-order valence-corrected chi connectivity index (χ2v) is 10.5. The highest BCUT2D eigenvalue weighted by Gasteiger charge is 2.40. The maximum Gasteiger partial charge on any atom is 0.269 e. The lowest BCUT2D eigenvalue weighted by molar-refractivity contribution is -0.137. The molecular weight excluding hydrogens is 568 g/mol. The van der Waals surface area contributed by atoms with Gasteiger partial charge >= 0.3 is 0 Å². The molecule has 42 heavy (non-hydrogen) atoms. The Morgan fingerprint density at radius 3 is 2.69 bits per heavy atom. The molecule has 1 saturated heterocycles. The number of nitrogens with one attached hydrogen (secondary N) is 2. The number of hydrogen-bond acceptors (Lipinski definition) is 5. The first-order valence-corrected chi connectivity index (χ1v) is 13.4. The van der Waals surface area contributed by atoms with Gasteiger partial charge in [0.25, 0.3) is 5.91 Å². The summed E-state index contributed by atoms with van der Waals surface area (Å²) in [4.78, 5) is 47.0. The van der Waals surface area contributed by atoms with Crippen LogP contribution in [0.25, 0.3) is 33.1 Å². The second-order valence-electron chi connectivity index (χ2n) is 10.1. The van der Waals surface area contributed by atoms with Crippen LogP contribution in [0.15, 0.2) is 54.6 Å². The molecule has 0 radical (unpaired) electrons. The van der Waals surface area contributed by atoms with Crippen molar-refractivity contribution in [3.63, 3.8) is 0 Å². The number of alkyl halides is 1. The second kappa shape index (κ2) is 10.5. The van der Waals surface area contributed by atoms with Crippen molar-refractivity contribution < 1.29 is 23.2 Å². The first-order valence-electron chi connectivity index (χ1n) is 13.1. The molecule has 4 N–H and O–H groups in total. The summed E-state index contributed by atoms with van der Waals surface area (Å²) < 4.78 is 31.6. The number of anilines is 1. The summed E-state index contributed by atoms with van der Waals surface area (Å²) in [6.45, 7) is 1.10. The fraction of sp³-hybridized carbons (Fsp3) is 0.207. The molecule has 1 fully saturated rings. The molecule has 1 aliphatic rings. The number of rotatable bonds is 6. The van der Waals surface area contributed by atoms with Gasteiger partial charge in [0.05, 0.1) is 28.3 Å². The van der Waals surface area contributed by atoms with Crippen LogP contribution in [0.5, 0.6) is 0 Å². The van der Waals surface area contributed by atoms with Crippen LogP contribution in [0.2, 0.25) is 5.02 Å². The van der Waals surface area contributed by atoms with Gasteiger partial charge in [-0.15, -0.1) is 0 Å². The van der Waals surface area contributed by atoms with Crippen LogP contribution in [0.4, 0.5) is 14.5 Å². The molecule has 3 heterocycles. The van der Waals surface area contributed by atoms with Gasteiger partial charge in [-0.05, 0) is 25.1 Å². The zero-order valence-corrected chi connectivity index (χ0v) is 23.0. The summed E-state index contributed by atoms with van der Waals surface area (Å²) in [6.07, 6.45) is -1.72. The van der Waals surface area contributed by atoms with E-state index >= 15 is 4.39 Å². The molecule has 0 aliphatic carbocycles. The Hall–Kier alpha value is -4.84. The van der Waals surface area contributed by atoms with Crippen LogP contribution in [0, 0.1) is 12.7 Å². The van der Waals surface area contributed by atoms with Crippen LogP contribution < -0.4 is 11.1 Å². The standard InChI is InChI=1S/C29H24ClF2N7O3/c1-14-34-20-10-9-16(24(30)27(20)35-14)17-6-4-7-19(25(17)32)36-29(42)22-11-15(31)12-38(22)23(40)13-39-21-8-3-2-5-18(21)26(37-39)28(33)41/h2-10,15,22H,11-13H2,1H3,(H2,33,41)(H,34,35)(H,36,42)/t15-,22?/m1/s1. The number of H-pyrrole nitrogens is 1. The first kappa shape index (κ1) is 27.3. The number of nitrogens with zero attached hydrogens (tertiary/aromatic N) is 4. The third-order valence-electron chi connectivity index (χ3n) is 7.31. The normalized spacial score (nSPS) is 16.8. The number of primary amides is 1. The third-order valence-corrected chi connectivity index (χ3v) is 7.69. The van der Waals surface area contributed by atoms with Gasteiger partial charge in [0, 0.05) is 22.9 Å². The molecule has 0 bridgehead atoms. The van der Waals surface area contributed by atoms with E-state index < -0.39 is 35.8 Å². The van der Waals surface area contributed by atoms with Crippen LogP contribution in [0.3, 0.4) is 0 Å². The van der Waals surface area contributed by atoms with E-state index in [0.717, 1.165) is 4.90 Å². The molecule has 13 heteroatoms. The Kier molecular flexibility index (Phi) is 6.85. The predicted molar refractivity (Wildman–Crippen MR) is 153 cm³/mol. The highest BCUT2D eigenvalue weighted by atomic mass is 35.5. The average molecular weight is 592 g/mol. The summed E-state index contributed by atoms with van der Waals surface area (Å²) in [7, 11) is 0. The number of hydrogen-bond donors (Lipinski definition) is 3. The Labute approximate surface area is 242 Å². The molecule has 5 aromatic rings. The molecule has 214 valence electrons. The van der Waals surface area contributed by atoms with Crippen molar-refractivity contribution >= 4 is 56.9 Å². The smallest absolute Gasteiger partial charge is 0.269 e. The van der Waals surface area contributed by atoms with Crippen LogP contribution in [-0.4, -0.2) is 61.1 Å². The van der Waals surface area contributed by atoms with Crippen LogP contribution in [-0.2, 0) is 16.1 Å². The number of aryl methyl sites for hydroxylation is 1. The monoisotopic (exact) mass is 591 g/mol. The van der Waals surface area contributed by atoms with Crippen molar-refractivity contribution in [1.82, 2.24) is 24.6 Å². The van der Waals surface area contributed by atoms with Gasteiger partial charge in [-0.3, -0.25) is 19.1 Å². The SMILES string of the molecule is Cc1nc2c(Cl)c(-c3cccc(NC(=O)C4C[C@@H](F)CN4C(=O)Cn4nc(C(N)=O)c5ccccc54)c3F)ccc2[nH]1. The maximum absolute atomic E-state index is 15.7. The van der Waals surface area contributed by atoms with Crippen molar-refractivity contribution in [2.45, 2.75) is 32.1 Å². The lowest BCUT2D eigenvalue weighted by atomic mass is 10.0. The molecule has 1 unspecified atom stereocenters. The average Bonchev–Trinajstić information content (AvgIpc) is 3.65. The first-order chi connectivity index (χ1) is 20.1. The molecule has 1 aliphatic heterocycles. The van der Waals surface area contributed by atoms with Gasteiger partial charge in [0.1, 0.15) is 30.1 Å². The molecule has 10 nitrogen and oxygen atoms in total. The Morgan fingerprint density at radius 2 is 1.90 bits per heavy atom. The lowest BCUT2D eigenvalue weighted by Gasteiger charge is -2.24. The highest BCUT2D eigenvalue weighted by Crippen LogP contribution is 2.37. The Bertz CT molecular complexity index is 1900. The number of carbonyl (C=O) groups excluding carboxylic acids is 3. The zero-order valence-electron chi connectivity index (χ0n) is 22.2. The van der Waals surface area contributed by atoms with Gasteiger partial charge in [-0.2, -0.15) is 5.10 Å². The quantitative estimate of drug-likeness (QED) is 0.269. The third kappa shape index (κ3) is 4.73. The number of aromatic nitrogens is 4. The van der Waals surface area contributed by atoms with E-state index in [4.69, 9.17) is 17.3 Å². The number of carbonyl (C=O) groups is 3. The fourth-order valence-corrected chi connectivity index (χ4v) is 5.69. The molecular formula is C29H24ClF2N7O3. The van der Waals surface area contributed by atoms with E-state index in [1.54, 1.807) is 49.4 Å². The minimum absolute atomic E-state index is 0.00508. The number of para-hydroxylation sites is 1. The van der Waals surface area contributed by atoms with E-state index in [1.807, 2.05) is 0 Å². The van der Waals surface area contributed by atoms with Gasteiger partial charge in [-0.1, -0.05) is 48.0 Å². The van der Waals surface area contributed by atoms with Crippen molar-refractivity contribution in [1.29, 1.82) is 0 Å². The van der Waals surface area contributed by atoms with Gasteiger partial charge in [0.15, 0.2) is 11.5 Å². The molecule has 0 saturated carbocycles. The lowest BCUT2D eigenvalue weighted by Crippen LogP contribution is -2.44. The molecule has 6 rings (SSSR count). The summed E-state index contributed by atoms with van der Waals surface area (Å²) in [5, 5.41) is 7.40. The minimum Gasteiger partial charge on any atom is -0.364 e. The summed E-state index contributed by atoms with van der Waals surface area (Å²) in [5.41, 5.74) is 7.48. The minimum atomic E-state index is -1.46. The van der Waals surface area contributed by atoms with E-state index in [1.165, 1.54) is 16.8 Å². The predicted octanol–water partition coefficient (Wildman–Crippen LogP) is 4.36.